The fourth-order valence-electron chi connectivity index (χ4n) is 4.47. The van der Waals surface area contributed by atoms with Gasteiger partial charge in [0, 0.05) is 38.5 Å². The third-order valence-corrected chi connectivity index (χ3v) is 6.14. The van der Waals surface area contributed by atoms with Gasteiger partial charge in [0.25, 0.3) is 0 Å². The fraction of sp³-hybridized carbons (Fsp3) is 0.818. The van der Waals surface area contributed by atoms with Crippen molar-refractivity contribution in [3.05, 3.63) is 11.7 Å². The Morgan fingerprint density at radius 1 is 1.07 bits per heavy atom. The van der Waals surface area contributed by atoms with Crippen LogP contribution in [0.15, 0.2) is 4.52 Å². The lowest BCUT2D eigenvalue weighted by Gasteiger charge is -2.38. The molecule has 0 spiro atoms. The highest BCUT2D eigenvalue weighted by atomic mass is 16.6. The van der Waals surface area contributed by atoms with Crippen molar-refractivity contribution < 1.29 is 18.8 Å². The molecule has 1 saturated carbocycles. The normalized spacial score (nSPS) is 25.3. The Morgan fingerprint density at radius 3 is 2.53 bits per heavy atom. The van der Waals surface area contributed by atoms with E-state index in [1.54, 1.807) is 4.90 Å². The van der Waals surface area contributed by atoms with Crippen LogP contribution < -0.4 is 0 Å². The average Bonchev–Trinajstić information content (AvgIpc) is 3.46. The van der Waals surface area contributed by atoms with Gasteiger partial charge in [-0.2, -0.15) is 4.98 Å². The number of rotatable bonds is 4. The maximum atomic E-state index is 13.2. The molecule has 0 N–H and O–H groups in total. The first-order chi connectivity index (χ1) is 14.3. The number of hydrogen-bond donors (Lipinski definition) is 0. The zero-order chi connectivity index (χ0) is 21.3. The molecule has 4 rings (SSSR count). The molecule has 0 aromatic carbocycles. The smallest absolute Gasteiger partial charge is 0.410 e. The van der Waals surface area contributed by atoms with E-state index in [-0.39, 0.29) is 17.9 Å². The standard InChI is InChI=1S/C22H34N4O4/c1-22(2,3)29-21(28)26-11-5-7-17(14-26)20(27)25-10-4-6-15(13-25)12-18-23-19(24-30-18)16-8-9-16/h15-17H,4-14H2,1-3H3/t15-,17+/m0/s1. The molecule has 2 aliphatic heterocycles. The van der Waals surface area contributed by atoms with Gasteiger partial charge >= 0.3 is 6.09 Å². The maximum absolute atomic E-state index is 13.2. The third-order valence-electron chi connectivity index (χ3n) is 6.14. The number of aromatic nitrogens is 2. The van der Waals surface area contributed by atoms with E-state index in [1.807, 2.05) is 25.7 Å². The lowest BCUT2D eigenvalue weighted by Crippen LogP contribution is -2.50. The molecule has 2 atom stereocenters. The summed E-state index contributed by atoms with van der Waals surface area (Å²) in [6.07, 6.45) is 6.45. The number of nitrogens with zero attached hydrogens (tertiary/aromatic N) is 4. The highest BCUT2D eigenvalue weighted by Gasteiger charge is 2.35. The number of likely N-dealkylation sites (tertiary alicyclic amines) is 2. The molecule has 30 heavy (non-hydrogen) atoms. The Hall–Kier alpha value is -2.12. The predicted molar refractivity (Wildman–Crippen MR) is 110 cm³/mol. The number of piperidine rings is 2. The van der Waals surface area contributed by atoms with E-state index in [0.717, 1.165) is 63.9 Å². The summed E-state index contributed by atoms with van der Waals surface area (Å²) in [4.78, 5) is 33.8. The molecule has 2 amide bonds. The number of amides is 2. The van der Waals surface area contributed by atoms with Crippen LogP contribution in [0, 0.1) is 11.8 Å². The molecule has 2 saturated heterocycles. The van der Waals surface area contributed by atoms with Gasteiger partial charge in [0.15, 0.2) is 5.82 Å². The Bertz CT molecular complexity index is 767. The minimum atomic E-state index is -0.526. The maximum Gasteiger partial charge on any atom is 0.410 e. The molecule has 0 unspecified atom stereocenters. The van der Waals surface area contributed by atoms with Crippen LogP contribution in [0.4, 0.5) is 4.79 Å². The van der Waals surface area contributed by atoms with Crippen LogP contribution in [-0.2, 0) is 16.0 Å². The van der Waals surface area contributed by atoms with Crippen molar-refractivity contribution in [3.63, 3.8) is 0 Å². The molecular weight excluding hydrogens is 384 g/mol. The van der Waals surface area contributed by atoms with E-state index in [2.05, 4.69) is 10.1 Å². The molecule has 166 valence electrons. The molecule has 8 nitrogen and oxygen atoms in total. The largest absolute Gasteiger partial charge is 0.444 e. The second kappa shape index (κ2) is 8.55. The van der Waals surface area contributed by atoms with Crippen molar-refractivity contribution in [3.8, 4) is 0 Å². The molecule has 1 aromatic rings. The minimum Gasteiger partial charge on any atom is -0.444 e. The number of carbonyl (C=O) groups excluding carboxylic acids is 2. The zero-order valence-electron chi connectivity index (χ0n) is 18.4. The van der Waals surface area contributed by atoms with Crippen molar-refractivity contribution in [2.75, 3.05) is 26.2 Å². The molecule has 0 radical (unpaired) electrons. The van der Waals surface area contributed by atoms with Gasteiger partial charge < -0.3 is 19.1 Å². The summed E-state index contributed by atoms with van der Waals surface area (Å²) in [5.74, 6) is 2.40. The van der Waals surface area contributed by atoms with Crippen molar-refractivity contribution >= 4 is 12.0 Å². The van der Waals surface area contributed by atoms with Crippen LogP contribution in [0.1, 0.15) is 76.9 Å². The van der Waals surface area contributed by atoms with Gasteiger partial charge in [-0.05, 0) is 65.2 Å². The van der Waals surface area contributed by atoms with Gasteiger partial charge in [0.2, 0.25) is 11.8 Å². The highest BCUT2D eigenvalue weighted by Crippen LogP contribution is 2.38. The van der Waals surface area contributed by atoms with Crippen molar-refractivity contribution in [1.29, 1.82) is 0 Å². The molecule has 0 bridgehead atoms. The molecule has 1 aromatic heterocycles. The minimum absolute atomic E-state index is 0.144. The lowest BCUT2D eigenvalue weighted by molar-refractivity contribution is -0.139. The van der Waals surface area contributed by atoms with Crippen LogP contribution in [0.5, 0.6) is 0 Å². The van der Waals surface area contributed by atoms with Gasteiger partial charge in [0.05, 0.1) is 5.92 Å². The predicted octanol–water partition coefficient (Wildman–Crippen LogP) is 3.38. The van der Waals surface area contributed by atoms with Gasteiger partial charge in [-0.15, -0.1) is 0 Å². The van der Waals surface area contributed by atoms with Crippen molar-refractivity contribution in [2.45, 2.75) is 77.2 Å². The molecular formula is C22H34N4O4. The number of hydrogen-bond acceptors (Lipinski definition) is 6. The van der Waals surface area contributed by atoms with E-state index in [4.69, 9.17) is 9.26 Å². The molecule has 8 heteroatoms. The van der Waals surface area contributed by atoms with Crippen molar-refractivity contribution in [1.82, 2.24) is 19.9 Å². The summed E-state index contributed by atoms with van der Waals surface area (Å²) < 4.78 is 10.9. The van der Waals surface area contributed by atoms with Crippen molar-refractivity contribution in [2.24, 2.45) is 11.8 Å². The number of ether oxygens (including phenoxy) is 1. The average molecular weight is 419 g/mol. The Morgan fingerprint density at radius 2 is 1.80 bits per heavy atom. The summed E-state index contributed by atoms with van der Waals surface area (Å²) in [5.41, 5.74) is -0.526. The fourth-order valence-corrected chi connectivity index (χ4v) is 4.47. The van der Waals surface area contributed by atoms with Crippen LogP contribution in [-0.4, -0.2) is 63.7 Å². The van der Waals surface area contributed by atoms with Gasteiger partial charge in [-0.3, -0.25) is 4.79 Å². The van der Waals surface area contributed by atoms with E-state index in [9.17, 15) is 9.59 Å². The first-order valence-corrected chi connectivity index (χ1v) is 11.4. The molecule has 1 aliphatic carbocycles. The molecule has 3 aliphatic rings. The zero-order valence-corrected chi connectivity index (χ0v) is 18.4. The van der Waals surface area contributed by atoms with Gasteiger partial charge in [-0.1, -0.05) is 5.16 Å². The quantitative estimate of drug-likeness (QED) is 0.745. The third kappa shape index (κ3) is 5.32. The monoisotopic (exact) mass is 418 g/mol. The van der Waals surface area contributed by atoms with Gasteiger partial charge in [-0.25, -0.2) is 4.79 Å². The second-order valence-electron chi connectivity index (χ2n) is 10.1. The summed E-state index contributed by atoms with van der Waals surface area (Å²) in [6.45, 7) is 8.20. The molecule has 3 fully saturated rings. The Balaban J connectivity index is 1.31. The first kappa shape index (κ1) is 21.1. The second-order valence-corrected chi connectivity index (χ2v) is 10.1. The summed E-state index contributed by atoms with van der Waals surface area (Å²) in [5, 5.41) is 4.11. The van der Waals surface area contributed by atoms with E-state index >= 15 is 0 Å². The van der Waals surface area contributed by atoms with Crippen LogP contribution >= 0.6 is 0 Å². The topological polar surface area (TPSA) is 88.8 Å². The number of carbonyl (C=O) groups is 2. The van der Waals surface area contributed by atoms with Crippen LogP contribution in [0.3, 0.4) is 0 Å². The van der Waals surface area contributed by atoms with Crippen LogP contribution in [0.25, 0.3) is 0 Å². The SMILES string of the molecule is CC(C)(C)OC(=O)N1CCC[C@@H](C(=O)N2CCC[C@@H](Cc3nc(C4CC4)no3)C2)C1. The van der Waals surface area contributed by atoms with E-state index in [0.29, 0.717) is 30.8 Å². The Kier molecular flexibility index (Phi) is 6.02. The summed E-state index contributed by atoms with van der Waals surface area (Å²) in [6, 6.07) is 0. The summed E-state index contributed by atoms with van der Waals surface area (Å²) >= 11 is 0. The van der Waals surface area contributed by atoms with Crippen LogP contribution in [0.2, 0.25) is 0 Å². The van der Waals surface area contributed by atoms with E-state index in [1.165, 1.54) is 0 Å². The summed E-state index contributed by atoms with van der Waals surface area (Å²) in [7, 11) is 0. The molecule has 3 heterocycles. The lowest BCUT2D eigenvalue weighted by atomic mass is 9.91. The Labute approximate surface area is 178 Å². The van der Waals surface area contributed by atoms with E-state index < -0.39 is 5.60 Å². The van der Waals surface area contributed by atoms with Gasteiger partial charge in [0.1, 0.15) is 5.60 Å². The highest BCUT2D eigenvalue weighted by molar-refractivity contribution is 5.80. The first-order valence-electron chi connectivity index (χ1n) is 11.4.